The lowest BCUT2D eigenvalue weighted by Crippen LogP contribution is -2.56. The first-order valence-electron chi connectivity index (χ1n) is 11.7. The number of aromatic nitrogens is 1. The number of hydrogen-bond acceptors (Lipinski definition) is 3. The molecule has 1 unspecified atom stereocenters. The van der Waals surface area contributed by atoms with Gasteiger partial charge in [-0.3, -0.25) is 9.78 Å². The van der Waals surface area contributed by atoms with E-state index < -0.39 is 0 Å². The maximum atomic E-state index is 12.3. The lowest BCUT2D eigenvalue weighted by molar-refractivity contribution is -0.147. The first kappa shape index (κ1) is 19.5. The van der Waals surface area contributed by atoms with Crippen molar-refractivity contribution >= 4 is 11.4 Å². The maximum Gasteiger partial charge on any atom is 0.133 e. The molecule has 3 fully saturated rings. The Kier molecular flexibility index (Phi) is 4.73. The third kappa shape index (κ3) is 2.87. The molecule has 1 heterocycles. The van der Waals surface area contributed by atoms with Crippen LogP contribution in [0.1, 0.15) is 70.8 Å². The Morgan fingerprint density at radius 1 is 1.24 bits per heavy atom. The average molecular weight is 394 g/mol. The molecule has 0 amide bonds. The number of nitrogens with zero attached hydrogens (tertiary/aromatic N) is 1. The van der Waals surface area contributed by atoms with Gasteiger partial charge in [0.1, 0.15) is 5.78 Å². The van der Waals surface area contributed by atoms with Crippen LogP contribution in [0.15, 0.2) is 30.6 Å². The normalized spacial score (nSPS) is 43.9. The molecule has 0 saturated heterocycles. The van der Waals surface area contributed by atoms with Crippen LogP contribution in [0.25, 0.3) is 5.57 Å². The van der Waals surface area contributed by atoms with E-state index in [-0.39, 0.29) is 12.0 Å². The van der Waals surface area contributed by atoms with E-state index in [1.54, 1.807) is 0 Å². The van der Waals surface area contributed by atoms with Gasteiger partial charge >= 0.3 is 0 Å². The fourth-order valence-electron chi connectivity index (χ4n) is 8.23. The molecule has 4 aliphatic carbocycles. The van der Waals surface area contributed by atoms with Crippen molar-refractivity contribution in [2.75, 3.05) is 6.61 Å². The zero-order valence-electron chi connectivity index (χ0n) is 17.9. The minimum Gasteiger partial charge on any atom is -0.396 e. The molecule has 3 saturated carbocycles. The topological polar surface area (TPSA) is 50.2 Å². The average Bonchev–Trinajstić information content (AvgIpc) is 3.07. The molecule has 156 valence electrons. The third-order valence-electron chi connectivity index (χ3n) is 9.71. The van der Waals surface area contributed by atoms with Crippen molar-refractivity contribution in [2.24, 2.45) is 40.4 Å². The van der Waals surface area contributed by atoms with Gasteiger partial charge in [0.2, 0.25) is 0 Å². The molecular formula is C26H35NO2. The first-order valence-corrected chi connectivity index (χ1v) is 11.7. The predicted octanol–water partition coefficient (Wildman–Crippen LogP) is 5.30. The highest BCUT2D eigenvalue weighted by Gasteiger charge is 2.61. The number of allylic oxidation sites excluding steroid dienone is 2. The Morgan fingerprint density at radius 2 is 2.10 bits per heavy atom. The summed E-state index contributed by atoms with van der Waals surface area (Å²) < 4.78 is 0. The highest BCUT2D eigenvalue weighted by atomic mass is 16.3. The molecule has 3 nitrogen and oxygen atoms in total. The SMILES string of the molecule is C[C@]12CCC(=O)CC1C[C@@H](CCO)[C@@H]1[C@@H]2CC[C@]2(C)C(c3cccnc3)=CC[C@@H]12. The van der Waals surface area contributed by atoms with Crippen molar-refractivity contribution in [1.82, 2.24) is 4.98 Å². The van der Waals surface area contributed by atoms with Crippen LogP contribution >= 0.6 is 0 Å². The maximum absolute atomic E-state index is 12.3. The number of carbonyl (C=O) groups excluding carboxylic acids is 1. The summed E-state index contributed by atoms with van der Waals surface area (Å²) in [6.07, 6.45) is 14.7. The van der Waals surface area contributed by atoms with Gasteiger partial charge in [-0.05, 0) is 96.1 Å². The van der Waals surface area contributed by atoms with Crippen LogP contribution < -0.4 is 0 Å². The monoisotopic (exact) mass is 393 g/mol. The highest BCUT2D eigenvalue weighted by Crippen LogP contribution is 2.68. The molecular weight excluding hydrogens is 358 g/mol. The minimum atomic E-state index is 0.214. The Labute approximate surface area is 175 Å². The second kappa shape index (κ2) is 7.04. The number of pyridine rings is 1. The van der Waals surface area contributed by atoms with E-state index >= 15 is 0 Å². The lowest BCUT2D eigenvalue weighted by Gasteiger charge is -2.62. The molecule has 0 aliphatic heterocycles. The van der Waals surface area contributed by atoms with Crippen LogP contribution in [0.3, 0.4) is 0 Å². The predicted molar refractivity (Wildman–Crippen MR) is 115 cm³/mol. The number of aliphatic hydroxyl groups excluding tert-OH is 1. The van der Waals surface area contributed by atoms with Gasteiger partial charge in [-0.25, -0.2) is 0 Å². The second-order valence-corrected chi connectivity index (χ2v) is 10.8. The van der Waals surface area contributed by atoms with E-state index in [0.717, 1.165) is 38.5 Å². The fraction of sp³-hybridized carbons (Fsp3) is 0.692. The Morgan fingerprint density at radius 3 is 2.86 bits per heavy atom. The van der Waals surface area contributed by atoms with E-state index in [4.69, 9.17) is 0 Å². The van der Waals surface area contributed by atoms with E-state index in [9.17, 15) is 9.90 Å². The summed E-state index contributed by atoms with van der Waals surface area (Å²) in [6, 6.07) is 4.27. The van der Waals surface area contributed by atoms with Crippen molar-refractivity contribution in [3.63, 3.8) is 0 Å². The lowest BCUT2D eigenvalue weighted by atomic mass is 9.42. The second-order valence-electron chi connectivity index (χ2n) is 10.8. The van der Waals surface area contributed by atoms with Gasteiger partial charge in [0.15, 0.2) is 0 Å². The summed E-state index contributed by atoms with van der Waals surface area (Å²) in [5.41, 5.74) is 3.31. The molecule has 29 heavy (non-hydrogen) atoms. The highest BCUT2D eigenvalue weighted by molar-refractivity contribution is 5.79. The number of rotatable bonds is 3. The molecule has 1 aromatic rings. The summed E-state index contributed by atoms with van der Waals surface area (Å²) >= 11 is 0. The Hall–Kier alpha value is -1.48. The molecule has 4 aliphatic rings. The summed E-state index contributed by atoms with van der Waals surface area (Å²) in [5.74, 6) is 3.57. The van der Waals surface area contributed by atoms with Gasteiger partial charge in [-0.1, -0.05) is 26.0 Å². The van der Waals surface area contributed by atoms with Gasteiger partial charge in [-0.2, -0.15) is 0 Å². The summed E-state index contributed by atoms with van der Waals surface area (Å²) in [6.45, 7) is 5.27. The largest absolute Gasteiger partial charge is 0.396 e. The van der Waals surface area contributed by atoms with E-state index in [1.165, 1.54) is 24.0 Å². The zero-order valence-corrected chi connectivity index (χ0v) is 17.9. The van der Waals surface area contributed by atoms with Crippen molar-refractivity contribution in [3.05, 3.63) is 36.2 Å². The molecule has 5 rings (SSSR count). The third-order valence-corrected chi connectivity index (χ3v) is 9.71. The molecule has 0 spiro atoms. The van der Waals surface area contributed by atoms with Crippen molar-refractivity contribution < 1.29 is 9.90 Å². The summed E-state index contributed by atoms with van der Waals surface area (Å²) in [5, 5.41) is 9.87. The van der Waals surface area contributed by atoms with Gasteiger partial charge < -0.3 is 5.11 Å². The smallest absolute Gasteiger partial charge is 0.133 e. The van der Waals surface area contributed by atoms with Crippen LogP contribution in [-0.2, 0) is 4.79 Å². The standard InChI is InChI=1S/C26H35NO2/c1-25-10-7-20(29)15-19(25)14-17(9-13-28)24-22-6-5-21(18-4-3-12-27-16-18)26(22,2)11-8-23(24)25/h3-5,12,16-17,19,22-24,28H,6-11,13-15H2,1-2H3/t17-,19?,22+,23+,24+,25+,26-/m1/s1. The van der Waals surface area contributed by atoms with Crippen LogP contribution in [0, 0.1) is 40.4 Å². The van der Waals surface area contributed by atoms with E-state index in [2.05, 4.69) is 37.0 Å². The van der Waals surface area contributed by atoms with Crippen molar-refractivity contribution in [3.8, 4) is 0 Å². The van der Waals surface area contributed by atoms with Gasteiger partial charge in [0.05, 0.1) is 0 Å². The summed E-state index contributed by atoms with van der Waals surface area (Å²) in [4.78, 5) is 16.6. The number of ketones is 1. The molecule has 1 N–H and O–H groups in total. The van der Waals surface area contributed by atoms with Gasteiger partial charge in [0.25, 0.3) is 0 Å². The summed E-state index contributed by atoms with van der Waals surface area (Å²) in [7, 11) is 0. The van der Waals surface area contributed by atoms with E-state index in [0.29, 0.717) is 40.8 Å². The van der Waals surface area contributed by atoms with Crippen LogP contribution in [0.2, 0.25) is 0 Å². The van der Waals surface area contributed by atoms with Crippen molar-refractivity contribution in [1.29, 1.82) is 0 Å². The van der Waals surface area contributed by atoms with Gasteiger partial charge in [-0.15, -0.1) is 0 Å². The number of aliphatic hydroxyl groups is 1. The Bertz CT molecular complexity index is 817. The van der Waals surface area contributed by atoms with Crippen LogP contribution in [0.5, 0.6) is 0 Å². The van der Waals surface area contributed by atoms with Crippen molar-refractivity contribution in [2.45, 2.75) is 65.2 Å². The molecule has 3 heteroatoms. The number of fused-ring (bicyclic) bond motifs is 5. The molecule has 0 bridgehead atoms. The number of Topliss-reactive ketones (excluding diaryl/α,β-unsaturated/α-hetero) is 1. The molecule has 7 atom stereocenters. The quantitative estimate of drug-likeness (QED) is 0.758. The minimum absolute atomic E-state index is 0.214. The Balaban J connectivity index is 1.51. The zero-order chi connectivity index (χ0) is 20.2. The molecule has 0 aromatic carbocycles. The first-order chi connectivity index (χ1) is 14.0. The fourth-order valence-corrected chi connectivity index (χ4v) is 8.23. The number of hydrogen-bond donors (Lipinski definition) is 1. The molecule has 1 aromatic heterocycles. The van der Waals surface area contributed by atoms with Crippen LogP contribution in [-0.4, -0.2) is 22.5 Å². The van der Waals surface area contributed by atoms with Gasteiger partial charge in [0, 0.05) is 31.8 Å². The van der Waals surface area contributed by atoms with Crippen LogP contribution in [0.4, 0.5) is 0 Å². The molecule has 0 radical (unpaired) electrons. The van der Waals surface area contributed by atoms with E-state index in [1.807, 2.05) is 12.4 Å². The number of carbonyl (C=O) groups is 1.